The van der Waals surface area contributed by atoms with Gasteiger partial charge in [-0.25, -0.2) is 0 Å². The van der Waals surface area contributed by atoms with Crippen molar-refractivity contribution in [1.29, 1.82) is 0 Å². The standard InChI is InChI=1S/C18H28O2.C3H8.C2H4/c1-14-12-13-15-8-6-7-10-17(15)16(14)9-4-2-3-5-11-18(19)20;1-3-2;1-2/h8,12-14,16-17H,2-7,9-11H2,1H3,(H,19,20);3H2,1-2H3;1-2H2/t14?,16-,17?;;/m0../s1. The molecule has 0 spiro atoms. The zero-order chi connectivity index (χ0) is 19.1. The van der Waals surface area contributed by atoms with Crippen LogP contribution in [-0.2, 0) is 4.79 Å². The average Bonchev–Trinajstić information content (AvgIpc) is 2.61. The van der Waals surface area contributed by atoms with E-state index in [-0.39, 0.29) is 0 Å². The molecule has 2 aliphatic carbocycles. The van der Waals surface area contributed by atoms with Crippen LogP contribution >= 0.6 is 0 Å². The van der Waals surface area contributed by atoms with E-state index in [4.69, 9.17) is 5.11 Å². The van der Waals surface area contributed by atoms with Crippen molar-refractivity contribution in [3.63, 3.8) is 0 Å². The van der Waals surface area contributed by atoms with Crippen LogP contribution in [0.5, 0.6) is 0 Å². The monoisotopic (exact) mass is 348 g/mol. The molecule has 0 aromatic heterocycles. The lowest BCUT2D eigenvalue weighted by Crippen LogP contribution is -2.27. The molecule has 1 N–H and O–H groups in total. The third-order valence-corrected chi connectivity index (χ3v) is 4.99. The summed E-state index contributed by atoms with van der Waals surface area (Å²) in [4.78, 5) is 10.5. The molecule has 0 amide bonds. The number of hydrogen-bond acceptors (Lipinski definition) is 1. The van der Waals surface area contributed by atoms with Crippen LogP contribution < -0.4 is 0 Å². The van der Waals surface area contributed by atoms with Crippen molar-refractivity contribution >= 4 is 5.97 Å². The first-order valence-electron chi connectivity index (χ1n) is 10.2. The summed E-state index contributed by atoms with van der Waals surface area (Å²) in [6.07, 6.45) is 18.4. The Bertz CT molecular complexity index is 408. The van der Waals surface area contributed by atoms with Crippen LogP contribution in [-0.4, -0.2) is 11.1 Å². The molecule has 2 heteroatoms. The van der Waals surface area contributed by atoms with Gasteiger partial charge in [0.25, 0.3) is 0 Å². The van der Waals surface area contributed by atoms with Gasteiger partial charge in [0.05, 0.1) is 0 Å². The minimum atomic E-state index is -0.659. The SMILES string of the molecule is C=C.CC1C=CC2=CCCCC2[C@H]1CCCCCCC(=O)O.CCC. The summed E-state index contributed by atoms with van der Waals surface area (Å²) < 4.78 is 0. The van der Waals surface area contributed by atoms with Crippen LogP contribution in [0.2, 0.25) is 0 Å². The van der Waals surface area contributed by atoms with E-state index in [1.54, 1.807) is 5.57 Å². The lowest BCUT2D eigenvalue weighted by atomic mass is 9.68. The minimum Gasteiger partial charge on any atom is -0.481 e. The molecule has 0 radical (unpaired) electrons. The van der Waals surface area contributed by atoms with Crippen molar-refractivity contribution in [2.24, 2.45) is 17.8 Å². The Morgan fingerprint density at radius 2 is 1.84 bits per heavy atom. The molecule has 0 heterocycles. The first-order valence-corrected chi connectivity index (χ1v) is 10.2. The van der Waals surface area contributed by atoms with E-state index in [0.717, 1.165) is 24.7 Å². The van der Waals surface area contributed by atoms with Crippen molar-refractivity contribution in [2.45, 2.75) is 85.0 Å². The van der Waals surface area contributed by atoms with Gasteiger partial charge in [0, 0.05) is 6.42 Å². The van der Waals surface area contributed by atoms with Gasteiger partial charge < -0.3 is 5.11 Å². The summed E-state index contributed by atoms with van der Waals surface area (Å²) in [6.45, 7) is 12.6. The number of hydrogen-bond donors (Lipinski definition) is 1. The Labute approximate surface area is 156 Å². The number of carboxylic acids is 1. The predicted octanol–water partition coefficient (Wildman–Crippen LogP) is 7.18. The first kappa shape index (κ1) is 23.7. The molecule has 3 atom stereocenters. The Hall–Kier alpha value is -1.31. The van der Waals surface area contributed by atoms with E-state index < -0.39 is 5.97 Å². The number of unbranched alkanes of at least 4 members (excludes halogenated alkanes) is 3. The van der Waals surface area contributed by atoms with Crippen LogP contribution in [0.3, 0.4) is 0 Å². The highest BCUT2D eigenvalue weighted by atomic mass is 16.4. The first-order chi connectivity index (χ1) is 12.1. The zero-order valence-electron chi connectivity index (χ0n) is 16.8. The maximum Gasteiger partial charge on any atom is 0.303 e. The molecule has 2 rings (SSSR count). The molecule has 25 heavy (non-hydrogen) atoms. The third-order valence-electron chi connectivity index (χ3n) is 4.99. The zero-order valence-corrected chi connectivity index (χ0v) is 16.8. The topological polar surface area (TPSA) is 37.3 Å². The summed E-state index contributed by atoms with van der Waals surface area (Å²) in [5.74, 6) is 1.65. The van der Waals surface area contributed by atoms with Gasteiger partial charge in [-0.05, 0) is 55.4 Å². The van der Waals surface area contributed by atoms with E-state index in [1.807, 2.05) is 0 Å². The third kappa shape index (κ3) is 9.67. The number of fused-ring (bicyclic) bond motifs is 1. The smallest absolute Gasteiger partial charge is 0.303 e. The highest BCUT2D eigenvalue weighted by molar-refractivity contribution is 5.66. The molecule has 0 fully saturated rings. The van der Waals surface area contributed by atoms with Crippen molar-refractivity contribution in [3.05, 3.63) is 37.0 Å². The van der Waals surface area contributed by atoms with Crippen LogP contribution in [0.4, 0.5) is 0 Å². The summed E-state index contributed by atoms with van der Waals surface area (Å²) in [5.41, 5.74) is 1.59. The fourth-order valence-electron chi connectivity index (χ4n) is 3.82. The van der Waals surface area contributed by atoms with Gasteiger partial charge in [0.15, 0.2) is 0 Å². The number of carbonyl (C=O) groups is 1. The largest absolute Gasteiger partial charge is 0.481 e. The number of rotatable bonds is 7. The van der Waals surface area contributed by atoms with Gasteiger partial charge in [-0.1, -0.05) is 64.7 Å². The molecular weight excluding hydrogens is 308 g/mol. The van der Waals surface area contributed by atoms with Gasteiger partial charge in [0.1, 0.15) is 0 Å². The highest BCUT2D eigenvalue weighted by Crippen LogP contribution is 2.42. The molecule has 144 valence electrons. The fraction of sp³-hybridized carbons (Fsp3) is 0.696. The normalized spacial score (nSPS) is 24.0. The van der Waals surface area contributed by atoms with Crippen molar-refractivity contribution in [1.82, 2.24) is 0 Å². The van der Waals surface area contributed by atoms with Gasteiger partial charge in [0.2, 0.25) is 0 Å². The Balaban J connectivity index is 0.00000104. The highest BCUT2D eigenvalue weighted by Gasteiger charge is 2.31. The number of carboxylic acid groups (broad SMARTS) is 1. The fourth-order valence-corrected chi connectivity index (χ4v) is 3.82. The number of allylic oxidation sites excluding steroid dienone is 4. The van der Waals surface area contributed by atoms with Crippen LogP contribution in [0.15, 0.2) is 37.0 Å². The van der Waals surface area contributed by atoms with Crippen LogP contribution in [0.25, 0.3) is 0 Å². The second kappa shape index (κ2) is 15.0. The maximum absolute atomic E-state index is 10.5. The van der Waals surface area contributed by atoms with Gasteiger partial charge >= 0.3 is 5.97 Å². The van der Waals surface area contributed by atoms with Gasteiger partial charge in [-0.2, -0.15) is 0 Å². The lowest BCUT2D eigenvalue weighted by Gasteiger charge is -2.37. The minimum absolute atomic E-state index is 0.331. The second-order valence-electron chi connectivity index (χ2n) is 7.18. The molecule has 0 saturated carbocycles. The molecule has 0 saturated heterocycles. The molecule has 0 aromatic rings. The molecule has 2 nitrogen and oxygen atoms in total. The maximum atomic E-state index is 10.5. The number of aliphatic carboxylic acids is 1. The molecule has 0 bridgehead atoms. The Morgan fingerprint density at radius 3 is 2.48 bits per heavy atom. The lowest BCUT2D eigenvalue weighted by molar-refractivity contribution is -0.137. The van der Waals surface area contributed by atoms with E-state index in [0.29, 0.717) is 12.3 Å². The van der Waals surface area contributed by atoms with E-state index in [9.17, 15) is 4.79 Å². The van der Waals surface area contributed by atoms with Gasteiger partial charge in [-0.3, -0.25) is 4.79 Å². The van der Waals surface area contributed by atoms with Crippen molar-refractivity contribution in [3.8, 4) is 0 Å². The summed E-state index contributed by atoms with van der Waals surface area (Å²) >= 11 is 0. The van der Waals surface area contributed by atoms with Crippen LogP contribution in [0.1, 0.15) is 85.0 Å². The van der Waals surface area contributed by atoms with E-state index in [1.165, 1.54) is 44.9 Å². The Kier molecular flexibility index (Phi) is 14.2. The predicted molar refractivity (Wildman–Crippen MR) is 110 cm³/mol. The quantitative estimate of drug-likeness (QED) is 0.391. The molecule has 2 unspecified atom stereocenters. The van der Waals surface area contributed by atoms with Crippen molar-refractivity contribution in [2.75, 3.05) is 0 Å². The average molecular weight is 349 g/mol. The van der Waals surface area contributed by atoms with Gasteiger partial charge in [-0.15, -0.1) is 13.2 Å². The molecule has 0 aromatic carbocycles. The molecular formula is C23H40O2. The molecule has 2 aliphatic rings. The van der Waals surface area contributed by atoms with Crippen LogP contribution in [0, 0.1) is 17.8 Å². The Morgan fingerprint density at radius 1 is 1.20 bits per heavy atom. The summed E-state index contributed by atoms with van der Waals surface area (Å²) in [5, 5.41) is 8.62. The van der Waals surface area contributed by atoms with E-state index >= 15 is 0 Å². The molecule has 0 aliphatic heterocycles. The van der Waals surface area contributed by atoms with Crippen molar-refractivity contribution < 1.29 is 9.90 Å². The van der Waals surface area contributed by atoms with E-state index in [2.05, 4.69) is 52.2 Å². The summed E-state index contributed by atoms with van der Waals surface area (Å²) in [6, 6.07) is 0. The second-order valence-corrected chi connectivity index (χ2v) is 7.18. The summed E-state index contributed by atoms with van der Waals surface area (Å²) in [7, 11) is 0.